The van der Waals surface area contributed by atoms with Gasteiger partial charge >= 0.3 is 5.97 Å². The van der Waals surface area contributed by atoms with Gasteiger partial charge in [-0.3, -0.25) is 9.59 Å². The fourth-order valence-electron chi connectivity index (χ4n) is 2.95. The van der Waals surface area contributed by atoms with Crippen LogP contribution in [-0.2, 0) is 9.59 Å². The van der Waals surface area contributed by atoms with Gasteiger partial charge in [0.2, 0.25) is 0 Å². The first-order valence-electron chi connectivity index (χ1n) is 8.69. The number of allylic oxidation sites excluding steroid dienone is 4. The number of carbonyl (C=O) groups is 2. The van der Waals surface area contributed by atoms with Crippen LogP contribution in [0.1, 0.15) is 71.1 Å². The molecule has 0 radical (unpaired) electrons. The second kappa shape index (κ2) is 10.8. The van der Waals surface area contributed by atoms with Crippen molar-refractivity contribution in [3.8, 4) is 12.3 Å². The van der Waals surface area contributed by atoms with Gasteiger partial charge in [0, 0.05) is 18.4 Å². The molecule has 1 aliphatic carbocycles. The van der Waals surface area contributed by atoms with Crippen LogP contribution < -0.4 is 0 Å². The van der Waals surface area contributed by atoms with E-state index in [1.807, 2.05) is 6.08 Å². The fraction of sp³-hybridized carbons (Fsp3) is 0.600. The lowest BCUT2D eigenvalue weighted by Crippen LogP contribution is -2.11. The summed E-state index contributed by atoms with van der Waals surface area (Å²) in [5.41, 5.74) is 1.80. The number of hydrogen-bond donors (Lipinski definition) is 1. The van der Waals surface area contributed by atoms with Crippen LogP contribution in [0.4, 0.5) is 0 Å². The molecule has 0 aromatic rings. The van der Waals surface area contributed by atoms with Crippen LogP contribution in [0.5, 0.6) is 0 Å². The normalized spacial score (nSPS) is 17.1. The average molecular weight is 316 g/mol. The van der Waals surface area contributed by atoms with Crippen molar-refractivity contribution < 1.29 is 14.7 Å². The largest absolute Gasteiger partial charge is 0.481 e. The number of carboxylic acids is 1. The molecule has 0 fully saturated rings. The zero-order valence-corrected chi connectivity index (χ0v) is 14.1. The highest BCUT2D eigenvalue weighted by molar-refractivity contribution is 6.11. The Hall–Kier alpha value is -1.82. The lowest BCUT2D eigenvalue weighted by atomic mass is 9.89. The first-order valence-corrected chi connectivity index (χ1v) is 8.69. The third kappa shape index (κ3) is 6.86. The van der Waals surface area contributed by atoms with Crippen LogP contribution in [0.25, 0.3) is 0 Å². The van der Waals surface area contributed by atoms with Gasteiger partial charge < -0.3 is 5.11 Å². The molecular weight excluding hydrogens is 288 g/mol. The summed E-state index contributed by atoms with van der Waals surface area (Å²) in [6.07, 6.45) is 17.7. The van der Waals surface area contributed by atoms with Gasteiger partial charge in [0.05, 0.1) is 0 Å². The van der Waals surface area contributed by atoms with Crippen molar-refractivity contribution in [2.75, 3.05) is 0 Å². The second-order valence-corrected chi connectivity index (χ2v) is 6.16. The summed E-state index contributed by atoms with van der Waals surface area (Å²) in [6, 6.07) is 0. The lowest BCUT2D eigenvalue weighted by molar-refractivity contribution is -0.137. The van der Waals surface area contributed by atoms with E-state index in [2.05, 4.69) is 18.9 Å². The predicted molar refractivity (Wildman–Crippen MR) is 93.0 cm³/mol. The summed E-state index contributed by atoms with van der Waals surface area (Å²) in [4.78, 5) is 22.9. The molecule has 0 spiro atoms. The molecule has 0 heterocycles. The highest BCUT2D eigenvalue weighted by Crippen LogP contribution is 2.31. The summed E-state index contributed by atoms with van der Waals surface area (Å²) >= 11 is 0. The Labute approximate surface area is 139 Å². The molecule has 0 bridgehead atoms. The average Bonchev–Trinajstić information content (AvgIpc) is 2.88. The number of unbranched alkanes of at least 4 members (excludes halogenated alkanes) is 4. The van der Waals surface area contributed by atoms with Gasteiger partial charge in [0.1, 0.15) is 0 Å². The molecule has 0 amide bonds. The lowest BCUT2D eigenvalue weighted by Gasteiger charge is -2.14. The second-order valence-electron chi connectivity index (χ2n) is 6.16. The fourth-order valence-corrected chi connectivity index (χ4v) is 2.95. The predicted octanol–water partition coefficient (Wildman–Crippen LogP) is 4.68. The maximum atomic E-state index is 12.5. The maximum Gasteiger partial charge on any atom is 0.303 e. The van der Waals surface area contributed by atoms with Crippen molar-refractivity contribution in [1.82, 2.24) is 0 Å². The molecule has 1 rings (SSSR count). The molecule has 1 N–H and O–H groups in total. The minimum absolute atomic E-state index is 0.173. The Morgan fingerprint density at radius 2 is 2.17 bits per heavy atom. The summed E-state index contributed by atoms with van der Waals surface area (Å²) in [7, 11) is 0. The van der Waals surface area contributed by atoms with E-state index in [1.165, 1.54) is 0 Å². The number of rotatable bonds is 11. The van der Waals surface area contributed by atoms with Crippen LogP contribution >= 0.6 is 0 Å². The molecule has 0 aromatic heterocycles. The molecule has 126 valence electrons. The quantitative estimate of drug-likeness (QED) is 0.342. The third-order valence-electron chi connectivity index (χ3n) is 4.29. The van der Waals surface area contributed by atoms with E-state index in [9.17, 15) is 9.59 Å². The van der Waals surface area contributed by atoms with Crippen LogP contribution in [0.3, 0.4) is 0 Å². The van der Waals surface area contributed by atoms with Gasteiger partial charge in [-0.2, -0.15) is 0 Å². The molecule has 0 saturated carbocycles. The number of terminal acetylenes is 1. The first-order chi connectivity index (χ1) is 11.1. The highest BCUT2D eigenvalue weighted by atomic mass is 16.4. The topological polar surface area (TPSA) is 54.4 Å². The number of ketones is 1. The number of carbonyl (C=O) groups excluding carboxylic acids is 1. The molecule has 1 aliphatic rings. The number of hydrogen-bond acceptors (Lipinski definition) is 2. The Morgan fingerprint density at radius 1 is 1.39 bits per heavy atom. The maximum absolute atomic E-state index is 12.5. The van der Waals surface area contributed by atoms with Crippen molar-refractivity contribution in [2.24, 2.45) is 5.92 Å². The van der Waals surface area contributed by atoms with E-state index in [1.54, 1.807) is 0 Å². The van der Waals surface area contributed by atoms with E-state index < -0.39 is 5.97 Å². The molecular formula is C20H28O3. The van der Waals surface area contributed by atoms with E-state index in [0.29, 0.717) is 12.8 Å². The van der Waals surface area contributed by atoms with Crippen molar-refractivity contribution >= 4 is 11.8 Å². The molecule has 3 heteroatoms. The Balaban J connectivity index is 2.44. The molecule has 3 nitrogen and oxygen atoms in total. The van der Waals surface area contributed by atoms with Gasteiger partial charge in [-0.15, -0.1) is 12.3 Å². The minimum Gasteiger partial charge on any atom is -0.481 e. The van der Waals surface area contributed by atoms with Gasteiger partial charge in [0.25, 0.3) is 0 Å². The minimum atomic E-state index is -0.741. The monoisotopic (exact) mass is 316 g/mol. The van der Waals surface area contributed by atoms with Gasteiger partial charge in [-0.25, -0.2) is 0 Å². The molecule has 23 heavy (non-hydrogen) atoms. The third-order valence-corrected chi connectivity index (χ3v) is 4.29. The summed E-state index contributed by atoms with van der Waals surface area (Å²) in [5, 5.41) is 8.59. The van der Waals surface area contributed by atoms with Gasteiger partial charge in [-0.05, 0) is 43.6 Å². The van der Waals surface area contributed by atoms with Crippen LogP contribution in [0, 0.1) is 18.3 Å². The zero-order valence-electron chi connectivity index (χ0n) is 14.1. The van der Waals surface area contributed by atoms with Crippen molar-refractivity contribution in [3.63, 3.8) is 0 Å². The van der Waals surface area contributed by atoms with Crippen LogP contribution in [0.2, 0.25) is 0 Å². The number of carboxylic acid groups (broad SMARTS) is 1. The molecule has 0 aromatic carbocycles. The summed E-state index contributed by atoms with van der Waals surface area (Å²) in [6.45, 7) is 2.15. The zero-order chi connectivity index (χ0) is 17.1. The van der Waals surface area contributed by atoms with Crippen molar-refractivity contribution in [2.45, 2.75) is 71.1 Å². The smallest absolute Gasteiger partial charge is 0.303 e. The van der Waals surface area contributed by atoms with E-state index in [4.69, 9.17) is 11.5 Å². The Morgan fingerprint density at radius 3 is 2.83 bits per heavy atom. The SMILES string of the molecule is C#CCC(CCCC)C1=CCC(=CCCCCCC(=O)O)C1=O. The summed E-state index contributed by atoms with van der Waals surface area (Å²) < 4.78 is 0. The summed E-state index contributed by atoms with van der Waals surface area (Å²) in [5.74, 6) is 2.34. The molecule has 0 saturated heterocycles. The standard InChI is InChI=1S/C20H28O3/c1-3-5-11-16(10-4-2)18-15-14-17(20(18)23)12-8-6-7-9-13-19(21)22/h2,12,15-16H,3,5-11,13-14H2,1H3,(H,21,22). The first kappa shape index (κ1) is 19.2. The molecule has 1 unspecified atom stereocenters. The van der Waals surface area contributed by atoms with Crippen LogP contribution in [0.15, 0.2) is 23.3 Å². The molecule has 1 atom stereocenters. The van der Waals surface area contributed by atoms with E-state index in [0.717, 1.165) is 56.1 Å². The highest BCUT2D eigenvalue weighted by Gasteiger charge is 2.26. The molecule has 0 aliphatic heterocycles. The van der Waals surface area contributed by atoms with E-state index >= 15 is 0 Å². The van der Waals surface area contributed by atoms with Gasteiger partial charge in [-0.1, -0.05) is 38.3 Å². The van der Waals surface area contributed by atoms with Crippen molar-refractivity contribution in [1.29, 1.82) is 0 Å². The number of aliphatic carboxylic acids is 1. The van der Waals surface area contributed by atoms with E-state index in [-0.39, 0.29) is 18.1 Å². The number of Topliss-reactive ketones (excluding diaryl/α,β-unsaturated/α-hetero) is 1. The van der Waals surface area contributed by atoms with Gasteiger partial charge in [0.15, 0.2) is 5.78 Å². The Kier molecular flexibility index (Phi) is 9.05. The van der Waals surface area contributed by atoms with Crippen molar-refractivity contribution in [3.05, 3.63) is 23.3 Å². The Bertz CT molecular complexity index is 505. The van der Waals surface area contributed by atoms with Crippen LogP contribution in [-0.4, -0.2) is 16.9 Å².